The number of carbonyl (C=O) groups excluding carboxylic acids is 4. The van der Waals surface area contributed by atoms with Gasteiger partial charge in [-0.25, -0.2) is 18.8 Å². The third-order valence-corrected chi connectivity index (χ3v) is 6.29. The summed E-state index contributed by atoms with van der Waals surface area (Å²) < 4.78 is 45.2. The highest BCUT2D eigenvalue weighted by Crippen LogP contribution is 2.27. The smallest absolute Gasteiger partial charge is 0.343 e. The lowest BCUT2D eigenvalue weighted by atomic mass is 10.1. The van der Waals surface area contributed by atoms with Crippen molar-refractivity contribution in [3.8, 4) is 23.0 Å². The highest BCUT2D eigenvalue weighted by atomic mass is 19.1. The molecule has 0 amide bonds. The van der Waals surface area contributed by atoms with E-state index in [1.807, 2.05) is 0 Å². The van der Waals surface area contributed by atoms with Gasteiger partial charge in [-0.05, 0) is 79.6 Å². The van der Waals surface area contributed by atoms with E-state index >= 15 is 0 Å². The molecule has 0 bridgehead atoms. The fourth-order valence-corrected chi connectivity index (χ4v) is 3.70. The Balaban J connectivity index is 1.73. The second kappa shape index (κ2) is 18.7. The highest BCUT2D eigenvalue weighted by molar-refractivity contribution is 5.97. The number of rotatable bonds is 19. The van der Waals surface area contributed by atoms with Crippen LogP contribution >= 0.6 is 0 Å². The van der Waals surface area contributed by atoms with Crippen molar-refractivity contribution in [2.45, 2.75) is 39.5 Å². The van der Waals surface area contributed by atoms with E-state index in [1.54, 1.807) is 36.4 Å². The summed E-state index contributed by atoms with van der Waals surface area (Å²) in [5.41, 5.74) is 0.227. The van der Waals surface area contributed by atoms with Crippen molar-refractivity contribution < 1.29 is 52.0 Å². The molecular weight excluding hydrogens is 599 g/mol. The van der Waals surface area contributed by atoms with Crippen molar-refractivity contribution in [2.75, 3.05) is 33.0 Å². The SMILES string of the molecule is C=C(F)C(=O)COCCOC(=O)c1cc(OC(=O)c2ccc(OCCCC)cc2)ccc1OC(=O)c1ccc(OCCCC)cc1. The van der Waals surface area contributed by atoms with Crippen molar-refractivity contribution in [3.63, 3.8) is 0 Å². The summed E-state index contributed by atoms with van der Waals surface area (Å²) in [5, 5.41) is 0. The fourth-order valence-electron chi connectivity index (χ4n) is 3.70. The molecule has 10 nitrogen and oxygen atoms in total. The number of Topliss-reactive ketones (excluding diaryl/α,β-unsaturated/α-hetero) is 1. The molecule has 0 heterocycles. The van der Waals surface area contributed by atoms with E-state index in [-0.39, 0.29) is 41.4 Å². The Kier molecular flexibility index (Phi) is 14.4. The lowest BCUT2D eigenvalue weighted by Gasteiger charge is -2.13. The van der Waals surface area contributed by atoms with E-state index in [1.165, 1.54) is 30.3 Å². The van der Waals surface area contributed by atoms with E-state index < -0.39 is 36.1 Å². The minimum atomic E-state index is -1.15. The summed E-state index contributed by atoms with van der Waals surface area (Å²) in [5.74, 6) is -3.43. The Labute approximate surface area is 267 Å². The van der Waals surface area contributed by atoms with Gasteiger partial charge in [-0.1, -0.05) is 33.3 Å². The molecule has 0 aliphatic heterocycles. The monoisotopic (exact) mass is 636 g/mol. The van der Waals surface area contributed by atoms with Crippen molar-refractivity contribution in [2.24, 2.45) is 0 Å². The summed E-state index contributed by atoms with van der Waals surface area (Å²) in [7, 11) is 0. The van der Waals surface area contributed by atoms with E-state index in [9.17, 15) is 23.6 Å². The van der Waals surface area contributed by atoms with Gasteiger partial charge in [0.2, 0.25) is 5.78 Å². The second-order valence-corrected chi connectivity index (χ2v) is 9.91. The van der Waals surface area contributed by atoms with Gasteiger partial charge in [0.25, 0.3) is 0 Å². The van der Waals surface area contributed by atoms with E-state index in [4.69, 9.17) is 28.4 Å². The number of halogens is 1. The maximum Gasteiger partial charge on any atom is 0.343 e. The first-order valence-corrected chi connectivity index (χ1v) is 14.9. The zero-order valence-electron chi connectivity index (χ0n) is 25.9. The van der Waals surface area contributed by atoms with Crippen molar-refractivity contribution in [1.29, 1.82) is 0 Å². The van der Waals surface area contributed by atoms with Gasteiger partial charge in [-0.15, -0.1) is 0 Å². The predicted molar refractivity (Wildman–Crippen MR) is 166 cm³/mol. The maximum atomic E-state index is 13.0. The van der Waals surface area contributed by atoms with Crippen molar-refractivity contribution in [3.05, 3.63) is 95.8 Å². The molecule has 0 aliphatic carbocycles. The van der Waals surface area contributed by atoms with Crippen LogP contribution in [0.25, 0.3) is 0 Å². The lowest BCUT2D eigenvalue weighted by Crippen LogP contribution is -2.17. The molecule has 0 aliphatic rings. The number of hydrogen-bond acceptors (Lipinski definition) is 10. The molecule has 0 aromatic heterocycles. The number of ketones is 1. The van der Waals surface area contributed by atoms with Crippen LogP contribution in [0.1, 0.15) is 70.6 Å². The molecule has 0 N–H and O–H groups in total. The third-order valence-electron chi connectivity index (χ3n) is 6.29. The molecule has 3 rings (SSSR count). The number of ether oxygens (including phenoxy) is 6. The Hall–Kier alpha value is -5.03. The maximum absolute atomic E-state index is 13.0. The normalized spacial score (nSPS) is 10.5. The molecular formula is C35H37FO10. The molecule has 11 heteroatoms. The van der Waals surface area contributed by atoms with E-state index in [0.717, 1.165) is 25.7 Å². The van der Waals surface area contributed by atoms with Crippen LogP contribution in [-0.2, 0) is 14.3 Å². The molecule has 3 aromatic rings. The Morgan fingerprint density at radius 2 is 1.17 bits per heavy atom. The van der Waals surface area contributed by atoms with Gasteiger partial charge in [0.15, 0.2) is 5.83 Å². The van der Waals surface area contributed by atoms with E-state index in [2.05, 4.69) is 20.4 Å². The van der Waals surface area contributed by atoms with Gasteiger partial charge < -0.3 is 28.4 Å². The minimum Gasteiger partial charge on any atom is -0.494 e. The summed E-state index contributed by atoms with van der Waals surface area (Å²) in [6, 6.07) is 16.6. The molecule has 0 saturated carbocycles. The number of benzene rings is 3. The molecule has 0 spiro atoms. The summed E-state index contributed by atoms with van der Waals surface area (Å²) in [4.78, 5) is 50.1. The second-order valence-electron chi connectivity index (χ2n) is 9.91. The van der Waals surface area contributed by atoms with Gasteiger partial charge in [0.05, 0.1) is 30.9 Å². The van der Waals surface area contributed by atoms with Crippen LogP contribution < -0.4 is 18.9 Å². The molecule has 244 valence electrons. The van der Waals surface area contributed by atoms with Crippen LogP contribution in [-0.4, -0.2) is 56.7 Å². The molecule has 0 saturated heterocycles. The molecule has 46 heavy (non-hydrogen) atoms. The lowest BCUT2D eigenvalue weighted by molar-refractivity contribution is -0.121. The van der Waals surface area contributed by atoms with Crippen molar-refractivity contribution >= 4 is 23.7 Å². The van der Waals surface area contributed by atoms with Crippen molar-refractivity contribution in [1.82, 2.24) is 0 Å². The quantitative estimate of drug-likeness (QED) is 0.0607. The standard InChI is InChI=1S/C35H37FO10/c1-4-6-18-42-27-12-8-25(9-13-27)33(38)45-29-16-17-32(30(22-29)35(40)44-21-20-41-23-31(37)24(3)36)46-34(39)26-10-14-28(15-11-26)43-19-7-5-2/h8-17,22H,3-7,18-21,23H2,1-2H3. The van der Waals surface area contributed by atoms with Crippen LogP contribution in [0.3, 0.4) is 0 Å². The largest absolute Gasteiger partial charge is 0.494 e. The summed E-state index contributed by atoms with van der Waals surface area (Å²) >= 11 is 0. The average Bonchev–Trinajstić information content (AvgIpc) is 3.05. The van der Waals surface area contributed by atoms with Gasteiger partial charge in [-0.3, -0.25) is 4.79 Å². The van der Waals surface area contributed by atoms with Crippen LogP contribution in [0.5, 0.6) is 23.0 Å². The number of esters is 3. The Morgan fingerprint density at radius 1 is 0.652 bits per heavy atom. The van der Waals surface area contributed by atoms with E-state index in [0.29, 0.717) is 24.7 Å². The van der Waals surface area contributed by atoms with Crippen LogP contribution in [0.15, 0.2) is 79.1 Å². The topological polar surface area (TPSA) is 124 Å². The Morgan fingerprint density at radius 3 is 1.70 bits per heavy atom. The van der Waals surface area contributed by atoms with Gasteiger partial charge in [-0.2, -0.15) is 0 Å². The van der Waals surface area contributed by atoms with Crippen LogP contribution in [0.2, 0.25) is 0 Å². The molecule has 3 aromatic carbocycles. The average molecular weight is 637 g/mol. The first kappa shape index (κ1) is 35.4. The zero-order valence-corrected chi connectivity index (χ0v) is 25.9. The number of carbonyl (C=O) groups is 4. The van der Waals surface area contributed by atoms with Gasteiger partial charge in [0, 0.05) is 0 Å². The zero-order chi connectivity index (χ0) is 33.3. The highest BCUT2D eigenvalue weighted by Gasteiger charge is 2.21. The first-order chi connectivity index (χ1) is 22.2. The fraction of sp³-hybridized carbons (Fsp3) is 0.314. The molecule has 0 unspecified atom stereocenters. The summed E-state index contributed by atoms with van der Waals surface area (Å²) in [6.45, 7) is 7.00. The molecule has 0 radical (unpaired) electrons. The van der Waals surface area contributed by atoms with Gasteiger partial charge >= 0.3 is 17.9 Å². The minimum absolute atomic E-state index is 0.0168. The van der Waals surface area contributed by atoms with Crippen LogP contribution in [0, 0.1) is 0 Å². The third kappa shape index (κ3) is 11.5. The first-order valence-electron chi connectivity index (χ1n) is 14.9. The Bertz CT molecular complexity index is 1480. The predicted octanol–water partition coefficient (Wildman–Crippen LogP) is 6.71. The molecule has 0 atom stereocenters. The molecule has 0 fully saturated rings. The van der Waals surface area contributed by atoms with Gasteiger partial charge in [0.1, 0.15) is 41.8 Å². The van der Waals surface area contributed by atoms with Crippen LogP contribution in [0.4, 0.5) is 4.39 Å². The number of unbranched alkanes of at least 4 members (excludes halogenated alkanes) is 2. The number of hydrogen-bond donors (Lipinski definition) is 0. The summed E-state index contributed by atoms with van der Waals surface area (Å²) in [6.07, 6.45) is 3.77.